The standard InChI is InChI=1S/C27H29N5O4/c1-17-21-13-19(18-10-11-25(34-2)30-15-18)14-24(26(21)32-16-31-17)35-12-6-5-8-22(28)20-7-3-4-9-23(20)36-27(29)33/h3-4,7,9-11,13-16,22H,5-6,8,12,28H2,1-2H3,(H2,29,33). The van der Waals surface area contributed by atoms with Crippen LogP contribution in [-0.4, -0.2) is 34.8 Å². The molecule has 0 aliphatic rings. The Labute approximate surface area is 209 Å². The van der Waals surface area contributed by atoms with Gasteiger partial charge in [0.05, 0.1) is 13.7 Å². The molecule has 4 rings (SSSR count). The highest BCUT2D eigenvalue weighted by Crippen LogP contribution is 2.33. The van der Waals surface area contributed by atoms with E-state index in [1.807, 2.05) is 43.3 Å². The normalized spacial score (nSPS) is 11.8. The van der Waals surface area contributed by atoms with Crippen LogP contribution in [0.5, 0.6) is 17.4 Å². The molecule has 0 fully saturated rings. The van der Waals surface area contributed by atoms with Crippen molar-refractivity contribution in [3.05, 3.63) is 72.3 Å². The zero-order valence-corrected chi connectivity index (χ0v) is 20.3. The molecule has 0 aliphatic carbocycles. The minimum atomic E-state index is -0.859. The Kier molecular flexibility index (Phi) is 7.92. The molecular weight excluding hydrogens is 458 g/mol. The summed E-state index contributed by atoms with van der Waals surface area (Å²) in [6.07, 6.45) is 4.75. The summed E-state index contributed by atoms with van der Waals surface area (Å²) >= 11 is 0. The van der Waals surface area contributed by atoms with E-state index in [9.17, 15) is 4.79 Å². The SMILES string of the molecule is COc1ccc(-c2cc(OCCCCC(N)c3ccccc3OC(N)=O)c3ncnc(C)c3c2)cn1. The topological polar surface area (TPSA) is 135 Å². The van der Waals surface area contributed by atoms with Gasteiger partial charge in [-0.15, -0.1) is 0 Å². The fourth-order valence-electron chi connectivity index (χ4n) is 4.00. The van der Waals surface area contributed by atoms with Gasteiger partial charge in [0.1, 0.15) is 23.3 Å². The lowest BCUT2D eigenvalue weighted by atomic mass is 10.0. The van der Waals surface area contributed by atoms with Crippen LogP contribution in [-0.2, 0) is 0 Å². The number of aromatic nitrogens is 3. The first-order valence-electron chi connectivity index (χ1n) is 11.7. The number of para-hydroxylation sites is 1. The third-order valence-electron chi connectivity index (χ3n) is 5.88. The second kappa shape index (κ2) is 11.5. The summed E-state index contributed by atoms with van der Waals surface area (Å²) in [5.74, 6) is 1.63. The Morgan fingerprint density at radius 3 is 2.58 bits per heavy atom. The van der Waals surface area contributed by atoms with Crippen LogP contribution < -0.4 is 25.7 Å². The van der Waals surface area contributed by atoms with Crippen LogP contribution in [0.1, 0.15) is 36.6 Å². The van der Waals surface area contributed by atoms with Crippen LogP contribution in [0.3, 0.4) is 0 Å². The van der Waals surface area contributed by atoms with Crippen molar-refractivity contribution in [2.24, 2.45) is 11.5 Å². The van der Waals surface area contributed by atoms with E-state index in [2.05, 4.69) is 15.0 Å². The van der Waals surface area contributed by atoms with Gasteiger partial charge in [-0.2, -0.15) is 0 Å². The molecule has 9 heteroatoms. The van der Waals surface area contributed by atoms with Gasteiger partial charge in [-0.1, -0.05) is 18.2 Å². The zero-order valence-electron chi connectivity index (χ0n) is 20.3. The van der Waals surface area contributed by atoms with Gasteiger partial charge in [-0.3, -0.25) is 0 Å². The molecule has 0 radical (unpaired) electrons. The van der Waals surface area contributed by atoms with Gasteiger partial charge in [-0.25, -0.2) is 19.7 Å². The van der Waals surface area contributed by atoms with Gasteiger partial charge in [0, 0.05) is 40.5 Å². The van der Waals surface area contributed by atoms with Gasteiger partial charge < -0.3 is 25.7 Å². The summed E-state index contributed by atoms with van der Waals surface area (Å²) in [5.41, 5.74) is 15.8. The molecule has 1 unspecified atom stereocenters. The highest BCUT2D eigenvalue weighted by atomic mass is 16.5. The van der Waals surface area contributed by atoms with Crippen molar-refractivity contribution in [3.63, 3.8) is 0 Å². The number of methoxy groups -OCH3 is 1. The number of nitrogens with zero attached hydrogens (tertiary/aromatic N) is 3. The molecule has 36 heavy (non-hydrogen) atoms. The van der Waals surface area contributed by atoms with Crippen LogP contribution in [0.4, 0.5) is 4.79 Å². The summed E-state index contributed by atoms with van der Waals surface area (Å²) in [6.45, 7) is 2.44. The molecular formula is C27H29N5O4. The van der Waals surface area contributed by atoms with E-state index < -0.39 is 6.09 Å². The Morgan fingerprint density at radius 2 is 1.83 bits per heavy atom. The lowest BCUT2D eigenvalue weighted by Crippen LogP contribution is -2.19. The number of carbonyl (C=O) groups excluding carboxylic acids is 1. The second-order valence-corrected chi connectivity index (χ2v) is 8.33. The Morgan fingerprint density at radius 1 is 1.00 bits per heavy atom. The van der Waals surface area contributed by atoms with Gasteiger partial charge in [0.25, 0.3) is 0 Å². The molecule has 186 valence electrons. The minimum absolute atomic E-state index is 0.289. The monoisotopic (exact) mass is 487 g/mol. The van der Waals surface area contributed by atoms with Gasteiger partial charge in [0.2, 0.25) is 5.88 Å². The number of hydrogen-bond acceptors (Lipinski definition) is 8. The number of aryl methyl sites for hydroxylation is 1. The van der Waals surface area contributed by atoms with Gasteiger partial charge >= 0.3 is 6.09 Å². The average molecular weight is 488 g/mol. The maximum atomic E-state index is 11.2. The lowest BCUT2D eigenvalue weighted by molar-refractivity contribution is 0.210. The minimum Gasteiger partial charge on any atom is -0.491 e. The maximum Gasteiger partial charge on any atom is 0.409 e. The van der Waals surface area contributed by atoms with Crippen molar-refractivity contribution in [2.45, 2.75) is 32.2 Å². The van der Waals surface area contributed by atoms with Crippen LogP contribution in [0.2, 0.25) is 0 Å². The molecule has 0 spiro atoms. The third kappa shape index (κ3) is 5.87. The molecule has 1 atom stereocenters. The van der Waals surface area contributed by atoms with E-state index in [1.54, 1.807) is 31.8 Å². The number of carbonyl (C=O) groups is 1. The molecule has 2 aromatic heterocycles. The number of fused-ring (bicyclic) bond motifs is 1. The van der Waals surface area contributed by atoms with E-state index in [0.717, 1.165) is 46.1 Å². The van der Waals surface area contributed by atoms with Crippen molar-refractivity contribution in [3.8, 4) is 28.5 Å². The predicted molar refractivity (Wildman–Crippen MR) is 137 cm³/mol. The highest BCUT2D eigenvalue weighted by Gasteiger charge is 2.14. The summed E-state index contributed by atoms with van der Waals surface area (Å²) in [7, 11) is 1.59. The first kappa shape index (κ1) is 24.9. The van der Waals surface area contributed by atoms with E-state index in [-0.39, 0.29) is 6.04 Å². The largest absolute Gasteiger partial charge is 0.491 e. The molecule has 0 bridgehead atoms. The number of primary amides is 1. The summed E-state index contributed by atoms with van der Waals surface area (Å²) < 4.78 is 16.4. The predicted octanol–water partition coefficient (Wildman–Crippen LogP) is 4.72. The zero-order chi connectivity index (χ0) is 25.5. The van der Waals surface area contributed by atoms with Gasteiger partial charge in [-0.05, 0) is 56.0 Å². The van der Waals surface area contributed by atoms with Crippen LogP contribution in [0.25, 0.3) is 22.0 Å². The molecule has 2 heterocycles. The van der Waals surface area contributed by atoms with Crippen molar-refractivity contribution in [2.75, 3.05) is 13.7 Å². The van der Waals surface area contributed by atoms with E-state index in [0.29, 0.717) is 30.4 Å². The van der Waals surface area contributed by atoms with Crippen molar-refractivity contribution in [1.29, 1.82) is 0 Å². The number of hydrogen-bond donors (Lipinski definition) is 2. The third-order valence-corrected chi connectivity index (χ3v) is 5.88. The average Bonchev–Trinajstić information content (AvgIpc) is 2.88. The quantitative estimate of drug-likeness (QED) is 0.307. The van der Waals surface area contributed by atoms with E-state index >= 15 is 0 Å². The molecule has 0 aliphatic heterocycles. The molecule has 9 nitrogen and oxygen atoms in total. The number of benzene rings is 2. The highest BCUT2D eigenvalue weighted by molar-refractivity contribution is 5.91. The van der Waals surface area contributed by atoms with Gasteiger partial charge in [0.15, 0.2) is 0 Å². The summed E-state index contributed by atoms with van der Waals surface area (Å²) in [5, 5.41) is 0.925. The van der Waals surface area contributed by atoms with Crippen LogP contribution in [0.15, 0.2) is 61.1 Å². The molecule has 4 aromatic rings. The second-order valence-electron chi connectivity index (χ2n) is 8.33. The molecule has 4 N–H and O–H groups in total. The number of amides is 1. The van der Waals surface area contributed by atoms with Crippen molar-refractivity contribution < 1.29 is 19.0 Å². The maximum absolute atomic E-state index is 11.2. The summed E-state index contributed by atoms with van der Waals surface area (Å²) in [6, 6.07) is 14.7. The van der Waals surface area contributed by atoms with Crippen molar-refractivity contribution in [1.82, 2.24) is 15.0 Å². The van der Waals surface area contributed by atoms with E-state index in [4.69, 9.17) is 25.7 Å². The van der Waals surface area contributed by atoms with Crippen LogP contribution >= 0.6 is 0 Å². The molecule has 0 saturated heterocycles. The number of ether oxygens (including phenoxy) is 3. The number of unbranched alkanes of at least 4 members (excludes halogenated alkanes) is 1. The first-order valence-corrected chi connectivity index (χ1v) is 11.7. The number of rotatable bonds is 10. The summed E-state index contributed by atoms with van der Waals surface area (Å²) in [4.78, 5) is 24.3. The Balaban J connectivity index is 1.43. The van der Waals surface area contributed by atoms with Crippen molar-refractivity contribution >= 4 is 17.0 Å². The fraction of sp³-hybridized carbons (Fsp3) is 0.259. The first-order chi connectivity index (χ1) is 17.5. The number of pyridine rings is 1. The molecule has 0 saturated carbocycles. The smallest absolute Gasteiger partial charge is 0.409 e. The Hall–Kier alpha value is -4.24. The van der Waals surface area contributed by atoms with Crippen LogP contribution in [0, 0.1) is 6.92 Å². The van der Waals surface area contributed by atoms with E-state index in [1.165, 1.54) is 0 Å². The fourth-order valence-corrected chi connectivity index (χ4v) is 4.00. The number of nitrogens with two attached hydrogens (primary N) is 2. The molecule has 2 aromatic carbocycles. The lowest BCUT2D eigenvalue weighted by Gasteiger charge is -2.16. The Bertz CT molecular complexity index is 1340. The molecule has 1 amide bonds.